The van der Waals surface area contributed by atoms with Crippen molar-refractivity contribution in [2.24, 2.45) is 0 Å². The molecule has 0 radical (unpaired) electrons. The van der Waals surface area contributed by atoms with Crippen molar-refractivity contribution in [3.63, 3.8) is 0 Å². The highest BCUT2D eigenvalue weighted by atomic mass is 35.5. The van der Waals surface area contributed by atoms with Gasteiger partial charge >= 0.3 is 6.18 Å². The number of alkyl halides is 5. The van der Waals surface area contributed by atoms with Crippen molar-refractivity contribution in [2.45, 2.75) is 12.6 Å². The second-order valence-corrected chi connectivity index (χ2v) is 2.85. The Morgan fingerprint density at radius 1 is 1.27 bits per heavy atom. The predicted molar refractivity (Wildman–Crippen MR) is 39.2 cm³/mol. The molecule has 1 heterocycles. The highest BCUT2D eigenvalue weighted by Gasteiger charge is 2.38. The van der Waals surface area contributed by atoms with Crippen LogP contribution in [0.2, 0.25) is 5.15 Å². The number of rotatable bonds is 1. The Balaban J connectivity index is 3.47. The lowest BCUT2D eigenvalue weighted by Crippen LogP contribution is -2.12. The highest BCUT2D eigenvalue weighted by Crippen LogP contribution is 2.38. The second kappa shape index (κ2) is 3.88. The van der Waals surface area contributed by atoms with Gasteiger partial charge in [0.1, 0.15) is 0 Å². The summed E-state index contributed by atoms with van der Waals surface area (Å²) in [5.41, 5.74) is -3.60. The van der Waals surface area contributed by atoms with E-state index in [1.54, 1.807) is 0 Å². The predicted octanol–water partition coefficient (Wildman–Crippen LogP) is 3.83. The third-order valence-corrected chi connectivity index (χ3v) is 1.80. The van der Waals surface area contributed by atoms with Crippen molar-refractivity contribution in [3.05, 3.63) is 28.3 Å². The molecule has 0 aromatic carbocycles. The van der Waals surface area contributed by atoms with E-state index in [1.807, 2.05) is 0 Å². The first kappa shape index (κ1) is 12.1. The number of pyridine rings is 1. The minimum absolute atomic E-state index is 0.0763. The molecule has 1 aromatic rings. The average molecular weight is 250 g/mol. The number of aromatic nitrogens is 1. The largest absolute Gasteiger partial charge is 0.418 e. The van der Waals surface area contributed by atoms with Crippen LogP contribution in [-0.4, -0.2) is 4.98 Å². The maximum atomic E-state index is 12.9. The quantitative estimate of drug-likeness (QED) is 0.544. The fourth-order valence-electron chi connectivity index (χ4n) is 0.916. The SMILES string of the molecule is Fc1c(Cl)ncc(C(F)(F)F)c1C(F)F. The minimum Gasteiger partial charge on any atom is -0.241 e. The maximum absolute atomic E-state index is 12.9. The Morgan fingerprint density at radius 2 is 1.80 bits per heavy atom. The zero-order valence-corrected chi connectivity index (χ0v) is 7.50. The van der Waals surface area contributed by atoms with Crippen LogP contribution in [0, 0.1) is 5.82 Å². The molecule has 0 spiro atoms. The molecule has 0 atom stereocenters. The summed E-state index contributed by atoms with van der Waals surface area (Å²) in [4.78, 5) is 2.83. The van der Waals surface area contributed by atoms with Gasteiger partial charge in [-0.05, 0) is 0 Å². The van der Waals surface area contributed by atoms with Gasteiger partial charge in [0, 0.05) is 6.20 Å². The van der Waals surface area contributed by atoms with E-state index in [9.17, 15) is 26.3 Å². The lowest BCUT2D eigenvalue weighted by Gasteiger charge is -2.12. The first-order chi connectivity index (χ1) is 6.75. The monoisotopic (exact) mass is 249 g/mol. The topological polar surface area (TPSA) is 12.9 Å². The number of hydrogen-bond acceptors (Lipinski definition) is 1. The molecule has 0 aliphatic rings. The number of halogens is 7. The molecule has 0 aliphatic heterocycles. The summed E-state index contributed by atoms with van der Waals surface area (Å²) in [6.45, 7) is 0. The molecule has 0 aliphatic carbocycles. The van der Waals surface area contributed by atoms with Gasteiger partial charge in [-0.25, -0.2) is 18.2 Å². The normalized spacial score (nSPS) is 12.3. The first-order valence-electron chi connectivity index (χ1n) is 3.44. The molecule has 1 nitrogen and oxygen atoms in total. The van der Waals surface area contributed by atoms with Gasteiger partial charge in [0.15, 0.2) is 11.0 Å². The van der Waals surface area contributed by atoms with Crippen LogP contribution in [0.15, 0.2) is 6.20 Å². The Bertz CT molecular complexity index is 374. The van der Waals surface area contributed by atoms with E-state index in [0.29, 0.717) is 0 Å². The van der Waals surface area contributed by atoms with Crippen molar-refractivity contribution in [1.29, 1.82) is 0 Å². The van der Waals surface area contributed by atoms with Gasteiger partial charge < -0.3 is 0 Å². The zero-order valence-electron chi connectivity index (χ0n) is 6.75. The van der Waals surface area contributed by atoms with Crippen LogP contribution in [0.4, 0.5) is 26.3 Å². The third kappa shape index (κ3) is 2.34. The van der Waals surface area contributed by atoms with Gasteiger partial charge in [-0.15, -0.1) is 0 Å². The maximum Gasteiger partial charge on any atom is 0.418 e. The van der Waals surface area contributed by atoms with Crippen LogP contribution in [0.1, 0.15) is 17.6 Å². The second-order valence-electron chi connectivity index (χ2n) is 2.49. The van der Waals surface area contributed by atoms with Crippen LogP contribution in [0.5, 0.6) is 0 Å². The van der Waals surface area contributed by atoms with Crippen molar-refractivity contribution in [3.8, 4) is 0 Å². The van der Waals surface area contributed by atoms with Crippen molar-refractivity contribution < 1.29 is 26.3 Å². The van der Waals surface area contributed by atoms with E-state index in [2.05, 4.69) is 4.98 Å². The third-order valence-electron chi connectivity index (χ3n) is 1.54. The van der Waals surface area contributed by atoms with Gasteiger partial charge in [0.25, 0.3) is 6.43 Å². The van der Waals surface area contributed by atoms with Crippen molar-refractivity contribution in [2.75, 3.05) is 0 Å². The van der Waals surface area contributed by atoms with Gasteiger partial charge in [-0.2, -0.15) is 13.2 Å². The van der Waals surface area contributed by atoms with Gasteiger partial charge in [-0.3, -0.25) is 0 Å². The van der Waals surface area contributed by atoms with Crippen molar-refractivity contribution in [1.82, 2.24) is 4.98 Å². The molecule has 0 saturated heterocycles. The van der Waals surface area contributed by atoms with Gasteiger partial charge in [0.2, 0.25) is 0 Å². The van der Waals surface area contributed by atoms with E-state index in [4.69, 9.17) is 11.6 Å². The number of hydrogen-bond donors (Lipinski definition) is 0. The zero-order chi connectivity index (χ0) is 11.8. The molecule has 8 heteroatoms. The standard InChI is InChI=1S/C7H2ClF6N/c8-5-4(9)3(6(10)11)2(1-15-5)7(12,13)14/h1,6H. The van der Waals surface area contributed by atoms with E-state index >= 15 is 0 Å². The molecule has 0 fully saturated rings. The van der Waals surface area contributed by atoms with Crippen LogP contribution < -0.4 is 0 Å². The summed E-state index contributed by atoms with van der Waals surface area (Å²) in [7, 11) is 0. The Labute approximate surface area is 84.7 Å². The lowest BCUT2D eigenvalue weighted by molar-refractivity contribution is -0.140. The molecule has 0 saturated carbocycles. The summed E-state index contributed by atoms with van der Waals surface area (Å²) < 4.78 is 73.6. The molecule has 0 unspecified atom stereocenters. The summed E-state index contributed by atoms with van der Waals surface area (Å²) in [6.07, 6.45) is -8.63. The molecular weight excluding hydrogens is 248 g/mol. The van der Waals surface area contributed by atoms with Gasteiger partial charge in [-0.1, -0.05) is 11.6 Å². The first-order valence-corrected chi connectivity index (χ1v) is 3.82. The molecule has 0 amide bonds. The Kier molecular flexibility index (Phi) is 3.13. The lowest BCUT2D eigenvalue weighted by atomic mass is 10.1. The van der Waals surface area contributed by atoms with E-state index < -0.39 is 34.7 Å². The van der Waals surface area contributed by atoms with E-state index in [1.165, 1.54) is 0 Å². The molecule has 0 bridgehead atoms. The molecule has 1 aromatic heterocycles. The van der Waals surface area contributed by atoms with Crippen LogP contribution in [0.25, 0.3) is 0 Å². The molecule has 0 N–H and O–H groups in total. The number of nitrogens with zero attached hydrogens (tertiary/aromatic N) is 1. The van der Waals surface area contributed by atoms with Gasteiger partial charge in [0.05, 0.1) is 11.1 Å². The van der Waals surface area contributed by atoms with Crippen LogP contribution in [-0.2, 0) is 6.18 Å². The fourth-order valence-corrected chi connectivity index (χ4v) is 1.07. The average Bonchev–Trinajstić information content (AvgIpc) is 2.06. The molecule has 15 heavy (non-hydrogen) atoms. The summed E-state index contributed by atoms with van der Waals surface area (Å²) in [5, 5.41) is -1.02. The molecule has 84 valence electrons. The summed E-state index contributed by atoms with van der Waals surface area (Å²) in [6, 6.07) is 0. The Hall–Kier alpha value is -0.980. The van der Waals surface area contributed by atoms with Crippen LogP contribution >= 0.6 is 11.6 Å². The molecular formula is C7H2ClF6N. The fraction of sp³-hybridized carbons (Fsp3) is 0.286. The Morgan fingerprint density at radius 3 is 2.20 bits per heavy atom. The smallest absolute Gasteiger partial charge is 0.241 e. The summed E-state index contributed by atoms with van der Waals surface area (Å²) in [5.74, 6) is -1.85. The highest BCUT2D eigenvalue weighted by molar-refractivity contribution is 6.29. The van der Waals surface area contributed by atoms with Crippen LogP contribution in [0.3, 0.4) is 0 Å². The van der Waals surface area contributed by atoms with E-state index in [-0.39, 0.29) is 6.20 Å². The van der Waals surface area contributed by atoms with Crippen molar-refractivity contribution >= 4 is 11.6 Å². The summed E-state index contributed by atoms with van der Waals surface area (Å²) >= 11 is 4.99. The van der Waals surface area contributed by atoms with E-state index in [0.717, 1.165) is 0 Å². The minimum atomic E-state index is -5.09. The molecule has 1 rings (SSSR count).